The van der Waals surface area contributed by atoms with Crippen LogP contribution in [0.15, 0.2) is 42.6 Å². The standard InChI is InChI=1S/C17H18N6O2/c1-3-15-20-21-22-23(15)14-10-6-5-9-13(14)19-16(24)12-8-7-11-18-17(12)25-4-2/h5-11H,3-4H2,1-2H3,(H,19,24). The van der Waals surface area contributed by atoms with Gasteiger partial charge in [0, 0.05) is 12.6 Å². The van der Waals surface area contributed by atoms with Crippen LogP contribution < -0.4 is 10.1 Å². The Balaban J connectivity index is 1.93. The van der Waals surface area contributed by atoms with Gasteiger partial charge in [-0.1, -0.05) is 19.1 Å². The van der Waals surface area contributed by atoms with Gasteiger partial charge in [-0.25, -0.2) is 4.98 Å². The summed E-state index contributed by atoms with van der Waals surface area (Å²) in [6, 6.07) is 10.7. The Kier molecular flexibility index (Phi) is 4.98. The van der Waals surface area contributed by atoms with Gasteiger partial charge in [0.25, 0.3) is 5.91 Å². The minimum absolute atomic E-state index is 0.302. The van der Waals surface area contributed by atoms with Crippen LogP contribution in [0.2, 0.25) is 0 Å². The Bertz CT molecular complexity index is 877. The monoisotopic (exact) mass is 338 g/mol. The van der Waals surface area contributed by atoms with Crippen LogP contribution in [0.3, 0.4) is 0 Å². The maximum Gasteiger partial charge on any atom is 0.261 e. The van der Waals surface area contributed by atoms with Crippen molar-refractivity contribution in [2.24, 2.45) is 0 Å². The lowest BCUT2D eigenvalue weighted by Crippen LogP contribution is -2.16. The van der Waals surface area contributed by atoms with E-state index in [0.29, 0.717) is 41.7 Å². The lowest BCUT2D eigenvalue weighted by Gasteiger charge is -2.13. The summed E-state index contributed by atoms with van der Waals surface area (Å²) in [5.41, 5.74) is 1.66. The molecule has 0 saturated heterocycles. The number of amides is 1. The molecule has 0 spiro atoms. The molecule has 1 N–H and O–H groups in total. The molecular formula is C17H18N6O2. The average molecular weight is 338 g/mol. The van der Waals surface area contributed by atoms with Gasteiger partial charge < -0.3 is 10.1 Å². The maximum atomic E-state index is 12.7. The predicted molar refractivity (Wildman–Crippen MR) is 91.9 cm³/mol. The molecule has 0 aliphatic rings. The van der Waals surface area contributed by atoms with Crippen LogP contribution in [0.4, 0.5) is 5.69 Å². The normalized spacial score (nSPS) is 10.5. The van der Waals surface area contributed by atoms with E-state index in [1.165, 1.54) is 0 Å². The first-order chi connectivity index (χ1) is 12.2. The van der Waals surface area contributed by atoms with Crippen molar-refractivity contribution in [3.8, 4) is 11.6 Å². The second kappa shape index (κ2) is 7.52. The van der Waals surface area contributed by atoms with Gasteiger partial charge in [0.1, 0.15) is 5.56 Å². The minimum atomic E-state index is -0.310. The Labute approximate surface area is 144 Å². The third-order valence-corrected chi connectivity index (χ3v) is 3.53. The van der Waals surface area contributed by atoms with Crippen molar-refractivity contribution in [1.29, 1.82) is 0 Å². The van der Waals surface area contributed by atoms with Gasteiger partial charge in [-0.15, -0.1) is 5.10 Å². The average Bonchev–Trinajstić information content (AvgIpc) is 3.11. The molecule has 25 heavy (non-hydrogen) atoms. The largest absolute Gasteiger partial charge is 0.477 e. The zero-order valence-electron chi connectivity index (χ0n) is 14.0. The highest BCUT2D eigenvalue weighted by atomic mass is 16.5. The van der Waals surface area contributed by atoms with Crippen LogP contribution in [-0.4, -0.2) is 37.7 Å². The van der Waals surface area contributed by atoms with Crippen molar-refractivity contribution in [1.82, 2.24) is 25.2 Å². The SMILES string of the molecule is CCOc1ncccc1C(=O)Nc1ccccc1-n1nnnc1CC. The Hall–Kier alpha value is -3.29. The molecule has 0 saturated carbocycles. The molecule has 128 valence electrons. The number of nitrogens with zero attached hydrogens (tertiary/aromatic N) is 5. The molecule has 0 bridgehead atoms. The summed E-state index contributed by atoms with van der Waals surface area (Å²) < 4.78 is 7.04. The number of carbonyl (C=O) groups is 1. The number of para-hydroxylation sites is 2. The molecule has 3 aromatic rings. The number of rotatable bonds is 6. The van der Waals surface area contributed by atoms with Crippen LogP contribution in [0.5, 0.6) is 5.88 Å². The van der Waals surface area contributed by atoms with Crippen LogP contribution in [-0.2, 0) is 6.42 Å². The van der Waals surface area contributed by atoms with Gasteiger partial charge in [-0.05, 0) is 41.6 Å². The lowest BCUT2D eigenvalue weighted by molar-refractivity contribution is 0.102. The van der Waals surface area contributed by atoms with Gasteiger partial charge in [-0.2, -0.15) is 4.68 Å². The van der Waals surface area contributed by atoms with Crippen molar-refractivity contribution in [3.63, 3.8) is 0 Å². The quantitative estimate of drug-likeness (QED) is 0.741. The maximum absolute atomic E-state index is 12.7. The number of tetrazole rings is 1. The first-order valence-corrected chi connectivity index (χ1v) is 8.00. The van der Waals surface area contributed by atoms with E-state index in [4.69, 9.17) is 4.74 Å². The van der Waals surface area contributed by atoms with E-state index in [1.807, 2.05) is 32.0 Å². The molecule has 0 atom stereocenters. The van der Waals surface area contributed by atoms with Crippen molar-refractivity contribution < 1.29 is 9.53 Å². The van der Waals surface area contributed by atoms with Gasteiger partial charge >= 0.3 is 0 Å². The van der Waals surface area contributed by atoms with Crippen LogP contribution in [0, 0.1) is 0 Å². The second-order valence-corrected chi connectivity index (χ2v) is 5.12. The summed E-state index contributed by atoms with van der Waals surface area (Å²) in [5, 5.41) is 14.6. The highest BCUT2D eigenvalue weighted by molar-refractivity contribution is 6.06. The number of nitrogens with one attached hydrogen (secondary N) is 1. The van der Waals surface area contributed by atoms with Crippen molar-refractivity contribution in [2.45, 2.75) is 20.3 Å². The number of carbonyl (C=O) groups excluding carboxylic acids is 1. The fourth-order valence-corrected chi connectivity index (χ4v) is 2.38. The Morgan fingerprint density at radius 1 is 1.20 bits per heavy atom. The molecule has 0 aliphatic carbocycles. The highest BCUT2D eigenvalue weighted by Gasteiger charge is 2.17. The molecule has 0 aliphatic heterocycles. The number of benzene rings is 1. The number of aromatic nitrogens is 5. The molecular weight excluding hydrogens is 320 g/mol. The minimum Gasteiger partial charge on any atom is -0.477 e. The zero-order chi connectivity index (χ0) is 17.6. The van der Waals surface area contributed by atoms with E-state index in [2.05, 4.69) is 25.8 Å². The Morgan fingerprint density at radius 2 is 2.04 bits per heavy atom. The zero-order valence-corrected chi connectivity index (χ0v) is 14.0. The van der Waals surface area contributed by atoms with Gasteiger partial charge in [0.05, 0.1) is 18.0 Å². The molecule has 2 heterocycles. The van der Waals surface area contributed by atoms with E-state index in [1.54, 1.807) is 29.1 Å². The summed E-state index contributed by atoms with van der Waals surface area (Å²) >= 11 is 0. The summed E-state index contributed by atoms with van der Waals surface area (Å²) in [7, 11) is 0. The fraction of sp³-hybridized carbons (Fsp3) is 0.235. The van der Waals surface area contributed by atoms with Gasteiger partial charge in [-0.3, -0.25) is 4.79 Å². The third kappa shape index (κ3) is 3.47. The molecule has 2 aromatic heterocycles. The van der Waals surface area contributed by atoms with E-state index < -0.39 is 0 Å². The first kappa shape index (κ1) is 16.6. The number of hydrogen-bond donors (Lipinski definition) is 1. The molecule has 0 unspecified atom stereocenters. The first-order valence-electron chi connectivity index (χ1n) is 8.00. The molecule has 1 amide bonds. The molecule has 8 nitrogen and oxygen atoms in total. The number of aryl methyl sites for hydroxylation is 1. The second-order valence-electron chi connectivity index (χ2n) is 5.12. The summed E-state index contributed by atoms with van der Waals surface area (Å²) in [6.45, 7) is 4.24. The third-order valence-electron chi connectivity index (χ3n) is 3.53. The summed E-state index contributed by atoms with van der Waals surface area (Å²) in [6.07, 6.45) is 2.26. The van der Waals surface area contributed by atoms with Crippen LogP contribution in [0.1, 0.15) is 30.0 Å². The van der Waals surface area contributed by atoms with E-state index in [-0.39, 0.29) is 5.91 Å². The molecule has 0 fully saturated rings. The van der Waals surface area contributed by atoms with Gasteiger partial charge in [0.15, 0.2) is 5.82 Å². The molecule has 1 aromatic carbocycles. The van der Waals surface area contributed by atoms with Crippen molar-refractivity contribution in [2.75, 3.05) is 11.9 Å². The number of pyridine rings is 1. The number of hydrogen-bond acceptors (Lipinski definition) is 6. The number of ether oxygens (including phenoxy) is 1. The summed E-state index contributed by atoms with van der Waals surface area (Å²) in [4.78, 5) is 16.8. The smallest absolute Gasteiger partial charge is 0.261 e. The molecule has 3 rings (SSSR count). The molecule has 8 heteroatoms. The Morgan fingerprint density at radius 3 is 2.84 bits per heavy atom. The van der Waals surface area contributed by atoms with Crippen LogP contribution >= 0.6 is 0 Å². The molecule has 0 radical (unpaired) electrons. The van der Waals surface area contributed by atoms with Crippen molar-refractivity contribution >= 4 is 11.6 Å². The van der Waals surface area contributed by atoms with E-state index >= 15 is 0 Å². The topological polar surface area (TPSA) is 94.8 Å². The fourth-order valence-electron chi connectivity index (χ4n) is 2.38. The lowest BCUT2D eigenvalue weighted by atomic mass is 10.2. The predicted octanol–water partition coefficient (Wildman–Crippen LogP) is 2.27. The van der Waals surface area contributed by atoms with E-state index in [9.17, 15) is 4.79 Å². The number of anilines is 1. The summed E-state index contributed by atoms with van der Waals surface area (Å²) in [5.74, 6) is 0.699. The van der Waals surface area contributed by atoms with Gasteiger partial charge in [0.2, 0.25) is 5.88 Å². The van der Waals surface area contributed by atoms with Crippen LogP contribution in [0.25, 0.3) is 5.69 Å². The highest BCUT2D eigenvalue weighted by Crippen LogP contribution is 2.22. The van der Waals surface area contributed by atoms with Crippen molar-refractivity contribution in [3.05, 3.63) is 54.0 Å². The van der Waals surface area contributed by atoms with E-state index in [0.717, 1.165) is 0 Å².